The van der Waals surface area contributed by atoms with Gasteiger partial charge in [-0.25, -0.2) is 4.98 Å². The van der Waals surface area contributed by atoms with Crippen LogP contribution in [0.15, 0.2) is 40.9 Å². The zero-order valence-electron chi connectivity index (χ0n) is 15.6. The predicted molar refractivity (Wildman–Crippen MR) is 115 cm³/mol. The highest BCUT2D eigenvalue weighted by atomic mass is 79.9. The van der Waals surface area contributed by atoms with Gasteiger partial charge in [0.1, 0.15) is 11.5 Å². The van der Waals surface area contributed by atoms with Gasteiger partial charge in [-0.3, -0.25) is 4.79 Å². The molecular formula is C20H20BrN3O3S. The Kier molecular flexibility index (Phi) is 5.41. The topological polar surface area (TPSA) is 54.9 Å². The van der Waals surface area contributed by atoms with Gasteiger partial charge in [0.15, 0.2) is 5.13 Å². The summed E-state index contributed by atoms with van der Waals surface area (Å²) in [6.45, 7) is 2.80. The quantitative estimate of drug-likeness (QED) is 0.586. The van der Waals surface area contributed by atoms with Crippen molar-refractivity contribution in [2.45, 2.75) is 0 Å². The van der Waals surface area contributed by atoms with E-state index in [1.165, 1.54) is 0 Å². The number of benzene rings is 2. The Morgan fingerprint density at radius 3 is 2.57 bits per heavy atom. The number of ether oxygens (including phenoxy) is 2. The average molecular weight is 462 g/mol. The third-order valence-corrected chi connectivity index (χ3v) is 6.39. The van der Waals surface area contributed by atoms with Crippen molar-refractivity contribution >= 4 is 48.5 Å². The summed E-state index contributed by atoms with van der Waals surface area (Å²) in [5, 5.41) is 1.00. The van der Waals surface area contributed by atoms with Crippen molar-refractivity contribution in [3.63, 3.8) is 0 Å². The van der Waals surface area contributed by atoms with Crippen molar-refractivity contribution in [2.24, 2.45) is 0 Å². The average Bonchev–Trinajstić information content (AvgIpc) is 3.16. The van der Waals surface area contributed by atoms with Gasteiger partial charge in [0.2, 0.25) is 0 Å². The molecule has 1 aliphatic heterocycles. The second kappa shape index (κ2) is 7.97. The van der Waals surface area contributed by atoms with Crippen LogP contribution in [-0.2, 0) is 0 Å². The number of anilines is 1. The lowest BCUT2D eigenvalue weighted by Crippen LogP contribution is -2.48. The molecule has 1 aromatic heterocycles. The van der Waals surface area contributed by atoms with E-state index in [2.05, 4.69) is 26.9 Å². The van der Waals surface area contributed by atoms with Crippen LogP contribution in [0.5, 0.6) is 11.5 Å². The second-order valence-corrected chi connectivity index (χ2v) is 8.38. The lowest BCUT2D eigenvalue weighted by atomic mass is 10.1. The molecule has 6 nitrogen and oxygen atoms in total. The van der Waals surface area contributed by atoms with Crippen molar-refractivity contribution in [1.82, 2.24) is 9.88 Å². The van der Waals surface area contributed by atoms with Crippen LogP contribution in [0.25, 0.3) is 10.2 Å². The number of hydrogen-bond donors (Lipinski definition) is 0. The fraction of sp³-hybridized carbons (Fsp3) is 0.300. The molecule has 0 radical (unpaired) electrons. The number of carbonyl (C=O) groups excluding carboxylic acids is 1. The first-order valence-corrected chi connectivity index (χ1v) is 10.5. The number of thiazole rings is 1. The molecule has 1 saturated heterocycles. The van der Waals surface area contributed by atoms with Crippen LogP contribution in [0.1, 0.15) is 10.4 Å². The molecule has 28 heavy (non-hydrogen) atoms. The molecule has 1 aliphatic rings. The number of fused-ring (bicyclic) bond motifs is 1. The third kappa shape index (κ3) is 3.66. The summed E-state index contributed by atoms with van der Waals surface area (Å²) in [6.07, 6.45) is 0. The standard InChI is InChI=1S/C20H20BrN3O3S/c1-26-14-4-5-15(17(12-14)27-2)19(25)23-7-9-24(10-8-23)20-22-16-6-3-13(21)11-18(16)28-20/h3-6,11-12H,7-10H2,1-2H3. The van der Waals surface area contributed by atoms with Crippen molar-refractivity contribution in [3.8, 4) is 11.5 Å². The Bertz CT molecular complexity index is 1020. The van der Waals surface area contributed by atoms with Gasteiger partial charge < -0.3 is 19.3 Å². The Hall–Kier alpha value is -2.32. The van der Waals surface area contributed by atoms with Crippen LogP contribution in [0, 0.1) is 0 Å². The van der Waals surface area contributed by atoms with Gasteiger partial charge in [-0.1, -0.05) is 27.3 Å². The van der Waals surface area contributed by atoms with Gasteiger partial charge in [0.05, 0.1) is 30.0 Å². The molecule has 4 rings (SSSR count). The summed E-state index contributed by atoms with van der Waals surface area (Å²) in [6, 6.07) is 11.4. The number of rotatable bonds is 4. The lowest BCUT2D eigenvalue weighted by molar-refractivity contribution is 0.0743. The van der Waals surface area contributed by atoms with Crippen LogP contribution in [0.4, 0.5) is 5.13 Å². The minimum atomic E-state index is -0.0209. The summed E-state index contributed by atoms with van der Waals surface area (Å²) in [5.41, 5.74) is 1.56. The van der Waals surface area contributed by atoms with E-state index in [0.717, 1.165) is 32.9 Å². The van der Waals surface area contributed by atoms with E-state index in [0.29, 0.717) is 30.2 Å². The fourth-order valence-electron chi connectivity index (χ4n) is 3.27. The van der Waals surface area contributed by atoms with Crippen LogP contribution >= 0.6 is 27.3 Å². The highest BCUT2D eigenvalue weighted by Crippen LogP contribution is 2.32. The first-order chi connectivity index (χ1) is 13.6. The predicted octanol–water partition coefficient (Wildman–Crippen LogP) is 4.04. The van der Waals surface area contributed by atoms with E-state index in [4.69, 9.17) is 14.5 Å². The Morgan fingerprint density at radius 2 is 1.86 bits per heavy atom. The Morgan fingerprint density at radius 1 is 1.07 bits per heavy atom. The number of methoxy groups -OCH3 is 2. The summed E-state index contributed by atoms with van der Waals surface area (Å²) >= 11 is 5.19. The van der Waals surface area contributed by atoms with Crippen LogP contribution in [0.3, 0.4) is 0 Å². The van der Waals surface area contributed by atoms with Crippen molar-refractivity contribution in [2.75, 3.05) is 45.3 Å². The molecule has 0 N–H and O–H groups in total. The maximum Gasteiger partial charge on any atom is 0.257 e. The van der Waals surface area contributed by atoms with Crippen molar-refractivity contribution in [1.29, 1.82) is 0 Å². The van der Waals surface area contributed by atoms with E-state index < -0.39 is 0 Å². The number of aromatic nitrogens is 1. The molecule has 1 amide bonds. The van der Waals surface area contributed by atoms with Gasteiger partial charge >= 0.3 is 0 Å². The highest BCUT2D eigenvalue weighted by Gasteiger charge is 2.26. The van der Waals surface area contributed by atoms with Gasteiger partial charge in [-0.15, -0.1) is 0 Å². The molecule has 0 saturated carbocycles. The molecule has 0 unspecified atom stereocenters. The molecule has 8 heteroatoms. The van der Waals surface area contributed by atoms with E-state index in [1.807, 2.05) is 17.0 Å². The van der Waals surface area contributed by atoms with E-state index in [1.54, 1.807) is 43.8 Å². The molecule has 1 fully saturated rings. The molecule has 3 aromatic rings. The number of amides is 1. The minimum absolute atomic E-state index is 0.0209. The summed E-state index contributed by atoms with van der Waals surface area (Å²) in [7, 11) is 3.16. The zero-order valence-corrected chi connectivity index (χ0v) is 18.0. The molecule has 2 heterocycles. The molecule has 0 bridgehead atoms. The maximum atomic E-state index is 13.0. The third-order valence-electron chi connectivity index (χ3n) is 4.82. The molecule has 0 spiro atoms. The van der Waals surface area contributed by atoms with Gasteiger partial charge in [-0.2, -0.15) is 0 Å². The van der Waals surface area contributed by atoms with Gasteiger partial charge in [-0.05, 0) is 30.3 Å². The minimum Gasteiger partial charge on any atom is -0.497 e. The maximum absolute atomic E-state index is 13.0. The number of nitrogens with zero attached hydrogens (tertiary/aromatic N) is 3. The van der Waals surface area contributed by atoms with E-state index in [9.17, 15) is 4.79 Å². The molecule has 0 aliphatic carbocycles. The highest BCUT2D eigenvalue weighted by molar-refractivity contribution is 9.10. The summed E-state index contributed by atoms with van der Waals surface area (Å²) in [5.74, 6) is 1.18. The molecule has 0 atom stereocenters. The van der Waals surface area contributed by atoms with Crippen molar-refractivity contribution < 1.29 is 14.3 Å². The SMILES string of the molecule is COc1ccc(C(=O)N2CCN(c3nc4ccc(Br)cc4s3)CC2)c(OC)c1. The molecule has 2 aromatic carbocycles. The fourth-order valence-corrected chi connectivity index (χ4v) is 4.84. The Labute approximate surface area is 175 Å². The van der Waals surface area contributed by atoms with Crippen molar-refractivity contribution in [3.05, 3.63) is 46.4 Å². The summed E-state index contributed by atoms with van der Waals surface area (Å²) < 4.78 is 12.8. The number of halogens is 1. The summed E-state index contributed by atoms with van der Waals surface area (Å²) in [4.78, 5) is 21.8. The smallest absolute Gasteiger partial charge is 0.257 e. The first-order valence-electron chi connectivity index (χ1n) is 8.91. The Balaban J connectivity index is 1.46. The monoisotopic (exact) mass is 461 g/mol. The second-order valence-electron chi connectivity index (χ2n) is 6.45. The largest absolute Gasteiger partial charge is 0.497 e. The van der Waals surface area contributed by atoms with E-state index >= 15 is 0 Å². The number of hydrogen-bond acceptors (Lipinski definition) is 6. The van der Waals surface area contributed by atoms with Gasteiger partial charge in [0, 0.05) is 36.7 Å². The number of piperazine rings is 1. The van der Waals surface area contributed by atoms with Gasteiger partial charge in [0.25, 0.3) is 5.91 Å². The van der Waals surface area contributed by atoms with Crippen LogP contribution < -0.4 is 14.4 Å². The van der Waals surface area contributed by atoms with Crippen LogP contribution in [-0.4, -0.2) is 56.2 Å². The van der Waals surface area contributed by atoms with Crippen LogP contribution in [0.2, 0.25) is 0 Å². The normalized spacial score (nSPS) is 14.4. The molecule has 146 valence electrons. The molecular weight excluding hydrogens is 442 g/mol. The zero-order chi connectivity index (χ0) is 19.7. The lowest BCUT2D eigenvalue weighted by Gasteiger charge is -2.34. The first kappa shape index (κ1) is 19.0. The number of carbonyl (C=O) groups is 1. The van der Waals surface area contributed by atoms with E-state index in [-0.39, 0.29) is 5.91 Å².